The van der Waals surface area contributed by atoms with Crippen LogP contribution in [0.25, 0.3) is 0 Å². The van der Waals surface area contributed by atoms with Gasteiger partial charge in [0, 0.05) is 25.0 Å². The molecule has 4 nitrogen and oxygen atoms in total. The lowest BCUT2D eigenvalue weighted by molar-refractivity contribution is -0.135. The second-order valence-electron chi connectivity index (χ2n) is 6.86. The van der Waals surface area contributed by atoms with E-state index in [1.807, 2.05) is 49.1 Å². The lowest BCUT2D eigenvalue weighted by Crippen LogP contribution is -2.44. The summed E-state index contributed by atoms with van der Waals surface area (Å²) in [4.78, 5) is 14.0. The number of carbonyl (C=O) groups excluding carboxylic acids is 1. The van der Waals surface area contributed by atoms with Crippen LogP contribution in [0.3, 0.4) is 0 Å². The molecule has 1 aromatic carbocycles. The fraction of sp³-hybridized carbons (Fsp3) is 0.632. The summed E-state index contributed by atoms with van der Waals surface area (Å²) in [6.07, 6.45) is 2.19. The third kappa shape index (κ3) is 5.87. The average Bonchev–Trinajstić information content (AvgIpc) is 2.58. The van der Waals surface area contributed by atoms with Crippen LogP contribution in [-0.4, -0.2) is 43.1 Å². The van der Waals surface area contributed by atoms with Crippen molar-refractivity contribution in [1.29, 1.82) is 0 Å². The quantitative estimate of drug-likeness (QED) is 0.840. The maximum atomic E-state index is 12.0. The van der Waals surface area contributed by atoms with Gasteiger partial charge in [-0.25, -0.2) is 0 Å². The van der Waals surface area contributed by atoms with Gasteiger partial charge in [0.25, 0.3) is 0 Å². The monoisotopic (exact) mass is 318 g/mol. The summed E-state index contributed by atoms with van der Waals surface area (Å²) in [5, 5.41) is 3.56. The molecule has 1 aliphatic heterocycles. The molecule has 1 amide bonds. The van der Waals surface area contributed by atoms with Crippen molar-refractivity contribution in [1.82, 2.24) is 10.2 Å². The zero-order valence-corrected chi connectivity index (χ0v) is 14.6. The number of hydrogen-bond acceptors (Lipinski definition) is 3. The van der Waals surface area contributed by atoms with E-state index in [4.69, 9.17) is 4.74 Å². The number of benzene rings is 1. The van der Waals surface area contributed by atoms with Gasteiger partial charge in [-0.2, -0.15) is 0 Å². The Morgan fingerprint density at radius 2 is 1.87 bits per heavy atom. The Morgan fingerprint density at radius 3 is 2.48 bits per heavy atom. The Labute approximate surface area is 140 Å². The molecule has 1 aromatic rings. The molecular weight excluding hydrogens is 288 g/mol. The molecule has 0 unspecified atom stereocenters. The summed E-state index contributed by atoms with van der Waals surface area (Å²) in [5.74, 6) is 1.98. The maximum Gasteiger partial charge on any atom is 0.225 e. The minimum Gasteiger partial charge on any atom is -0.492 e. The van der Waals surface area contributed by atoms with E-state index in [2.05, 4.69) is 12.2 Å². The van der Waals surface area contributed by atoms with Crippen molar-refractivity contribution in [2.75, 3.05) is 26.2 Å². The Kier molecular flexibility index (Phi) is 6.90. The zero-order chi connectivity index (χ0) is 16.7. The molecule has 1 saturated heterocycles. The van der Waals surface area contributed by atoms with Crippen molar-refractivity contribution in [2.24, 2.45) is 11.8 Å². The molecule has 2 rings (SSSR count). The number of para-hydroxylation sites is 1. The molecule has 1 heterocycles. The van der Waals surface area contributed by atoms with Crippen LogP contribution in [0.4, 0.5) is 0 Å². The van der Waals surface area contributed by atoms with Crippen molar-refractivity contribution >= 4 is 5.91 Å². The molecule has 0 radical (unpaired) electrons. The minimum absolute atomic E-state index is 0.111. The van der Waals surface area contributed by atoms with E-state index in [9.17, 15) is 4.79 Å². The first-order valence-corrected chi connectivity index (χ1v) is 8.76. The molecule has 1 aliphatic rings. The molecule has 1 fully saturated rings. The van der Waals surface area contributed by atoms with Crippen molar-refractivity contribution in [3.8, 4) is 5.75 Å². The van der Waals surface area contributed by atoms with Gasteiger partial charge in [-0.1, -0.05) is 32.0 Å². The fourth-order valence-corrected chi connectivity index (χ4v) is 2.89. The van der Waals surface area contributed by atoms with Crippen molar-refractivity contribution in [3.05, 3.63) is 30.3 Å². The number of likely N-dealkylation sites (tertiary alicyclic amines) is 1. The van der Waals surface area contributed by atoms with Gasteiger partial charge in [0.05, 0.1) is 0 Å². The molecule has 0 aromatic heterocycles. The maximum absolute atomic E-state index is 12.0. The average molecular weight is 318 g/mol. The highest BCUT2D eigenvalue weighted by atomic mass is 16.5. The SMILES string of the molecule is CC(C)C(=O)N1CCC(CN[C@H](C)COc2ccccc2)CC1. The highest BCUT2D eigenvalue weighted by Crippen LogP contribution is 2.18. The summed E-state index contributed by atoms with van der Waals surface area (Å²) in [7, 11) is 0. The molecular formula is C19H30N2O2. The van der Waals surface area contributed by atoms with E-state index in [0.29, 0.717) is 24.5 Å². The van der Waals surface area contributed by atoms with Gasteiger partial charge in [0.15, 0.2) is 0 Å². The van der Waals surface area contributed by atoms with E-state index in [1.54, 1.807) is 0 Å². The van der Waals surface area contributed by atoms with Crippen LogP contribution in [0.1, 0.15) is 33.6 Å². The Balaban J connectivity index is 1.62. The van der Waals surface area contributed by atoms with Crippen molar-refractivity contribution in [2.45, 2.75) is 39.7 Å². The number of hydrogen-bond donors (Lipinski definition) is 1. The lowest BCUT2D eigenvalue weighted by atomic mass is 9.95. The Morgan fingerprint density at radius 1 is 1.22 bits per heavy atom. The second kappa shape index (κ2) is 8.92. The number of nitrogens with zero attached hydrogens (tertiary/aromatic N) is 1. The molecule has 0 saturated carbocycles. The Hall–Kier alpha value is -1.55. The van der Waals surface area contributed by atoms with Crippen LogP contribution in [0.15, 0.2) is 30.3 Å². The lowest BCUT2D eigenvalue weighted by Gasteiger charge is -2.33. The van der Waals surface area contributed by atoms with Crippen LogP contribution in [0, 0.1) is 11.8 Å². The van der Waals surface area contributed by atoms with E-state index in [1.165, 1.54) is 0 Å². The van der Waals surface area contributed by atoms with Crippen LogP contribution in [0.5, 0.6) is 5.75 Å². The van der Waals surface area contributed by atoms with Crippen LogP contribution in [-0.2, 0) is 4.79 Å². The standard InChI is InChI=1S/C19H30N2O2/c1-15(2)19(22)21-11-9-17(10-12-21)13-20-16(3)14-23-18-7-5-4-6-8-18/h4-8,15-17,20H,9-14H2,1-3H3/t16-/m1/s1. The van der Waals surface area contributed by atoms with Gasteiger partial charge in [-0.3, -0.25) is 4.79 Å². The summed E-state index contributed by atoms with van der Waals surface area (Å²) in [6, 6.07) is 10.2. The van der Waals surface area contributed by atoms with Crippen molar-refractivity contribution in [3.63, 3.8) is 0 Å². The number of ether oxygens (including phenoxy) is 1. The van der Waals surface area contributed by atoms with E-state index < -0.39 is 0 Å². The first kappa shape index (κ1) is 17.8. The number of amides is 1. The predicted octanol–water partition coefficient (Wildman–Crippen LogP) is 2.94. The van der Waals surface area contributed by atoms with Crippen LogP contribution < -0.4 is 10.1 Å². The largest absolute Gasteiger partial charge is 0.492 e. The number of rotatable bonds is 7. The Bertz CT molecular complexity index is 468. The van der Waals surface area contributed by atoms with Gasteiger partial charge >= 0.3 is 0 Å². The van der Waals surface area contributed by atoms with E-state index in [-0.39, 0.29) is 5.92 Å². The summed E-state index contributed by atoms with van der Waals surface area (Å²) >= 11 is 0. The molecule has 0 spiro atoms. The van der Waals surface area contributed by atoms with Gasteiger partial charge in [0.1, 0.15) is 12.4 Å². The molecule has 0 bridgehead atoms. The van der Waals surface area contributed by atoms with Crippen molar-refractivity contribution < 1.29 is 9.53 Å². The number of carbonyl (C=O) groups is 1. The summed E-state index contributed by atoms with van der Waals surface area (Å²) < 4.78 is 5.77. The van der Waals surface area contributed by atoms with Crippen LogP contribution >= 0.6 is 0 Å². The third-order valence-corrected chi connectivity index (χ3v) is 4.42. The minimum atomic E-state index is 0.111. The van der Waals surface area contributed by atoms with Gasteiger partial charge in [0.2, 0.25) is 5.91 Å². The van der Waals surface area contributed by atoms with Gasteiger partial charge in [-0.05, 0) is 44.4 Å². The summed E-state index contributed by atoms with van der Waals surface area (Å²) in [6.45, 7) is 9.59. The van der Waals surface area contributed by atoms with Crippen LogP contribution in [0.2, 0.25) is 0 Å². The molecule has 1 N–H and O–H groups in total. The second-order valence-corrected chi connectivity index (χ2v) is 6.86. The van der Waals surface area contributed by atoms with Gasteiger partial charge < -0.3 is 15.0 Å². The zero-order valence-electron chi connectivity index (χ0n) is 14.6. The highest BCUT2D eigenvalue weighted by molar-refractivity contribution is 5.78. The first-order chi connectivity index (χ1) is 11.1. The fourth-order valence-electron chi connectivity index (χ4n) is 2.89. The van der Waals surface area contributed by atoms with Gasteiger partial charge in [-0.15, -0.1) is 0 Å². The predicted molar refractivity (Wildman–Crippen MR) is 93.5 cm³/mol. The molecule has 0 aliphatic carbocycles. The van der Waals surface area contributed by atoms with E-state index >= 15 is 0 Å². The third-order valence-electron chi connectivity index (χ3n) is 4.42. The smallest absolute Gasteiger partial charge is 0.225 e. The molecule has 1 atom stereocenters. The molecule has 23 heavy (non-hydrogen) atoms. The topological polar surface area (TPSA) is 41.6 Å². The molecule has 128 valence electrons. The normalized spacial score (nSPS) is 17.3. The number of piperidine rings is 1. The summed E-state index contributed by atoms with van der Waals surface area (Å²) in [5.41, 5.74) is 0. The highest BCUT2D eigenvalue weighted by Gasteiger charge is 2.24. The van der Waals surface area contributed by atoms with E-state index in [0.717, 1.165) is 38.2 Å². The number of nitrogens with one attached hydrogen (secondary N) is 1. The molecule has 4 heteroatoms. The first-order valence-electron chi connectivity index (χ1n) is 8.76.